The Balaban J connectivity index is 2.64. The van der Waals surface area contributed by atoms with Crippen LogP contribution in [0.1, 0.15) is 36.4 Å². The third-order valence-electron chi connectivity index (χ3n) is 2.58. The van der Waals surface area contributed by atoms with Crippen molar-refractivity contribution in [2.75, 3.05) is 0 Å². The van der Waals surface area contributed by atoms with E-state index in [1.54, 1.807) is 6.26 Å². The average Bonchev–Trinajstić information content (AvgIpc) is 2.48. The minimum atomic E-state index is -0.0423. The van der Waals surface area contributed by atoms with Gasteiger partial charge in [0.25, 0.3) is 0 Å². The van der Waals surface area contributed by atoms with E-state index in [1.165, 1.54) is 0 Å². The molecule has 1 aliphatic rings. The molecule has 0 unspecified atom stereocenters. The fourth-order valence-corrected chi connectivity index (χ4v) is 1.89. The Labute approximate surface area is 77.2 Å². The second-order valence-corrected chi connectivity index (χ2v) is 4.16. The summed E-state index contributed by atoms with van der Waals surface area (Å²) in [5, 5.41) is 0. The number of hydrogen-bond donors (Lipinski definition) is 0. The molecule has 0 atom stereocenters. The number of hydrogen-bond acceptors (Lipinski definition) is 2. The van der Waals surface area contributed by atoms with E-state index in [-0.39, 0.29) is 11.2 Å². The predicted molar refractivity (Wildman–Crippen MR) is 49.8 cm³/mol. The van der Waals surface area contributed by atoms with Gasteiger partial charge in [-0.05, 0) is 23.5 Å². The van der Waals surface area contributed by atoms with Gasteiger partial charge >= 0.3 is 0 Å². The van der Waals surface area contributed by atoms with Crippen molar-refractivity contribution >= 4 is 5.78 Å². The molecule has 2 nitrogen and oxygen atoms in total. The van der Waals surface area contributed by atoms with Crippen molar-refractivity contribution in [2.24, 2.45) is 0 Å². The van der Waals surface area contributed by atoms with Gasteiger partial charge in [0.15, 0.2) is 5.76 Å². The van der Waals surface area contributed by atoms with E-state index in [2.05, 4.69) is 20.4 Å². The number of rotatable bonds is 0. The molecule has 2 rings (SSSR count). The van der Waals surface area contributed by atoms with Gasteiger partial charge in [-0.25, -0.2) is 0 Å². The Hall–Kier alpha value is -1.31. The smallest absolute Gasteiger partial charge is 0.223 e. The molecule has 1 aliphatic carbocycles. The van der Waals surface area contributed by atoms with Crippen LogP contribution in [0.2, 0.25) is 0 Å². The normalized spacial score (nSPS) is 20.2. The summed E-state index contributed by atoms with van der Waals surface area (Å²) in [6.07, 6.45) is 2.29. The van der Waals surface area contributed by atoms with Crippen molar-refractivity contribution < 1.29 is 9.21 Å². The van der Waals surface area contributed by atoms with Crippen LogP contribution in [-0.2, 0) is 5.41 Å². The molecule has 1 heterocycles. The lowest BCUT2D eigenvalue weighted by atomic mass is 9.73. The highest BCUT2D eigenvalue weighted by Gasteiger charge is 2.36. The summed E-state index contributed by atoms with van der Waals surface area (Å²) in [6.45, 7) is 7.95. The molecule has 0 amide bonds. The first-order valence-corrected chi connectivity index (χ1v) is 4.33. The molecular weight excluding hydrogens is 164 g/mol. The van der Waals surface area contributed by atoms with Crippen LogP contribution in [0.5, 0.6) is 0 Å². The van der Waals surface area contributed by atoms with Crippen molar-refractivity contribution in [1.29, 1.82) is 0 Å². The standard InChI is InChI=1S/C11H12O2/c1-7-6-11(2,3)8-4-5-13-10(8)9(7)12/h4-5H,1,6H2,2-3H3. The molecule has 2 heteroatoms. The average molecular weight is 176 g/mol. The minimum absolute atomic E-state index is 0.0205. The summed E-state index contributed by atoms with van der Waals surface area (Å²) in [4.78, 5) is 11.6. The molecule has 13 heavy (non-hydrogen) atoms. The first-order valence-electron chi connectivity index (χ1n) is 4.33. The molecule has 68 valence electrons. The van der Waals surface area contributed by atoms with Gasteiger partial charge in [-0.2, -0.15) is 0 Å². The molecule has 0 bridgehead atoms. The van der Waals surface area contributed by atoms with Crippen LogP contribution >= 0.6 is 0 Å². The van der Waals surface area contributed by atoms with Crippen molar-refractivity contribution in [2.45, 2.75) is 25.7 Å². The van der Waals surface area contributed by atoms with E-state index in [4.69, 9.17) is 4.42 Å². The van der Waals surface area contributed by atoms with Gasteiger partial charge in [-0.3, -0.25) is 4.79 Å². The van der Waals surface area contributed by atoms with Crippen molar-refractivity contribution in [3.8, 4) is 0 Å². The zero-order chi connectivity index (χ0) is 9.64. The molecule has 1 aromatic heterocycles. The number of carbonyl (C=O) groups excluding carboxylic acids is 1. The first kappa shape index (κ1) is 8.30. The van der Waals surface area contributed by atoms with E-state index < -0.39 is 0 Å². The Bertz CT molecular complexity index is 383. The maximum atomic E-state index is 11.6. The van der Waals surface area contributed by atoms with Crippen LogP contribution in [0, 0.1) is 0 Å². The second-order valence-electron chi connectivity index (χ2n) is 4.16. The summed E-state index contributed by atoms with van der Waals surface area (Å²) < 4.78 is 5.16. The van der Waals surface area contributed by atoms with Gasteiger partial charge in [-0.15, -0.1) is 0 Å². The van der Waals surface area contributed by atoms with Gasteiger partial charge in [-0.1, -0.05) is 20.4 Å². The highest BCUT2D eigenvalue weighted by Crippen LogP contribution is 2.38. The lowest BCUT2D eigenvalue weighted by Crippen LogP contribution is -2.27. The number of allylic oxidation sites excluding steroid dienone is 1. The molecule has 0 saturated carbocycles. The van der Waals surface area contributed by atoms with E-state index in [0.29, 0.717) is 11.3 Å². The van der Waals surface area contributed by atoms with E-state index in [9.17, 15) is 4.79 Å². The number of Topliss-reactive ketones (excluding diaryl/α,β-unsaturated/α-hetero) is 1. The number of ketones is 1. The van der Waals surface area contributed by atoms with E-state index >= 15 is 0 Å². The molecule has 0 aromatic carbocycles. The predicted octanol–water partition coefficient (Wildman–Crippen LogP) is 2.70. The van der Waals surface area contributed by atoms with Gasteiger partial charge < -0.3 is 4.42 Å². The highest BCUT2D eigenvalue weighted by atomic mass is 16.3. The van der Waals surface area contributed by atoms with Gasteiger partial charge in [0, 0.05) is 5.56 Å². The molecule has 0 saturated heterocycles. The van der Waals surface area contributed by atoms with Gasteiger partial charge in [0.05, 0.1) is 6.26 Å². The van der Waals surface area contributed by atoms with Crippen LogP contribution in [0.4, 0.5) is 0 Å². The molecule has 0 fully saturated rings. The lowest BCUT2D eigenvalue weighted by molar-refractivity contribution is 0.0984. The Kier molecular flexibility index (Phi) is 1.50. The first-order chi connectivity index (χ1) is 6.02. The molecule has 1 aromatic rings. The maximum Gasteiger partial charge on any atom is 0.223 e. The van der Waals surface area contributed by atoms with Crippen molar-refractivity contribution in [1.82, 2.24) is 0 Å². The lowest BCUT2D eigenvalue weighted by Gasteiger charge is -2.29. The van der Waals surface area contributed by atoms with Crippen LogP contribution < -0.4 is 0 Å². The van der Waals surface area contributed by atoms with Crippen LogP contribution in [0.25, 0.3) is 0 Å². The van der Waals surface area contributed by atoms with Crippen molar-refractivity contribution in [3.63, 3.8) is 0 Å². The number of furan rings is 1. The Morgan fingerprint density at radius 1 is 1.54 bits per heavy atom. The van der Waals surface area contributed by atoms with Crippen LogP contribution in [0.3, 0.4) is 0 Å². The molecule has 0 aliphatic heterocycles. The zero-order valence-electron chi connectivity index (χ0n) is 7.89. The van der Waals surface area contributed by atoms with Crippen LogP contribution in [0.15, 0.2) is 28.9 Å². The summed E-state index contributed by atoms with van der Waals surface area (Å²) in [5.41, 5.74) is 1.63. The topological polar surface area (TPSA) is 30.2 Å². The Morgan fingerprint density at radius 3 is 2.92 bits per heavy atom. The van der Waals surface area contributed by atoms with E-state index in [1.807, 2.05) is 6.07 Å². The second kappa shape index (κ2) is 2.34. The maximum absolute atomic E-state index is 11.6. The molecule has 0 N–H and O–H groups in total. The minimum Gasteiger partial charge on any atom is -0.461 e. The van der Waals surface area contributed by atoms with Crippen LogP contribution in [-0.4, -0.2) is 5.78 Å². The molecule has 0 spiro atoms. The van der Waals surface area contributed by atoms with E-state index in [0.717, 1.165) is 12.0 Å². The number of fused-ring (bicyclic) bond motifs is 1. The quantitative estimate of drug-likeness (QED) is 0.569. The summed E-state index contributed by atoms with van der Waals surface area (Å²) >= 11 is 0. The Morgan fingerprint density at radius 2 is 2.23 bits per heavy atom. The molecule has 0 radical (unpaired) electrons. The van der Waals surface area contributed by atoms with Gasteiger partial charge in [0.1, 0.15) is 0 Å². The summed E-state index contributed by atoms with van der Waals surface area (Å²) in [6, 6.07) is 1.87. The third-order valence-corrected chi connectivity index (χ3v) is 2.58. The summed E-state index contributed by atoms with van der Waals surface area (Å²) in [7, 11) is 0. The highest BCUT2D eigenvalue weighted by molar-refractivity contribution is 6.08. The van der Waals surface area contributed by atoms with Crippen molar-refractivity contribution in [3.05, 3.63) is 35.8 Å². The SMILES string of the molecule is C=C1CC(C)(C)c2ccoc2C1=O. The zero-order valence-corrected chi connectivity index (χ0v) is 7.89. The fraction of sp³-hybridized carbons (Fsp3) is 0.364. The summed E-state index contributed by atoms with van der Waals surface area (Å²) in [5.74, 6) is 0.431. The van der Waals surface area contributed by atoms with Gasteiger partial charge in [0.2, 0.25) is 5.78 Å². The number of carbonyl (C=O) groups is 1. The third kappa shape index (κ3) is 1.05. The molecular formula is C11H12O2. The fourth-order valence-electron chi connectivity index (χ4n) is 1.89. The monoisotopic (exact) mass is 176 g/mol. The largest absolute Gasteiger partial charge is 0.461 e.